The van der Waals surface area contributed by atoms with E-state index >= 15 is 4.39 Å². The summed E-state index contributed by atoms with van der Waals surface area (Å²) in [5.74, 6) is -0.816. The van der Waals surface area contributed by atoms with Crippen LogP contribution in [0.3, 0.4) is 0 Å². The standard InChI is InChI=1S/C19H17F4N7O/c1-8-4-10(24)28-15(12(8)19(21,22)23)16-13(20)14-11-17(27-7-26-14)30-3-2-25-5-9(30)6-31-18(11)29-16/h4,7,9,25H,2-3,5-6H2,1H3,(H2,24,28)/t9-/m0/s1. The second-order valence-electron chi connectivity index (χ2n) is 7.45. The summed E-state index contributed by atoms with van der Waals surface area (Å²) in [7, 11) is 0. The molecule has 8 nitrogen and oxygen atoms in total. The first-order chi connectivity index (χ1) is 14.8. The minimum absolute atomic E-state index is 0.0357. The van der Waals surface area contributed by atoms with Gasteiger partial charge in [-0.2, -0.15) is 13.2 Å². The zero-order valence-electron chi connectivity index (χ0n) is 16.3. The molecule has 5 heterocycles. The van der Waals surface area contributed by atoms with E-state index in [1.807, 2.05) is 4.90 Å². The summed E-state index contributed by atoms with van der Waals surface area (Å²) in [6.07, 6.45) is -3.61. The summed E-state index contributed by atoms with van der Waals surface area (Å²) in [6, 6.07) is 0.994. The minimum atomic E-state index is -4.79. The molecule has 0 bridgehead atoms. The predicted molar refractivity (Wildman–Crippen MR) is 104 cm³/mol. The van der Waals surface area contributed by atoms with Crippen LogP contribution in [-0.2, 0) is 6.18 Å². The Labute approximate surface area is 173 Å². The summed E-state index contributed by atoms with van der Waals surface area (Å²) >= 11 is 0. The highest BCUT2D eigenvalue weighted by molar-refractivity contribution is 5.96. The summed E-state index contributed by atoms with van der Waals surface area (Å²) in [5, 5.41) is 3.47. The van der Waals surface area contributed by atoms with Crippen molar-refractivity contribution in [2.45, 2.75) is 19.1 Å². The summed E-state index contributed by atoms with van der Waals surface area (Å²) < 4.78 is 62.8. The van der Waals surface area contributed by atoms with Crippen LogP contribution in [-0.4, -0.2) is 52.2 Å². The molecular weight excluding hydrogens is 418 g/mol. The topological polar surface area (TPSA) is 102 Å². The van der Waals surface area contributed by atoms with Crippen molar-refractivity contribution in [3.63, 3.8) is 0 Å². The lowest BCUT2D eigenvalue weighted by Crippen LogP contribution is -2.53. The number of nitrogens with one attached hydrogen (secondary N) is 1. The average molecular weight is 435 g/mol. The molecule has 3 N–H and O–H groups in total. The Bertz CT molecular complexity index is 1200. The molecule has 31 heavy (non-hydrogen) atoms. The fraction of sp³-hybridized carbons (Fsp3) is 0.368. The number of aromatic nitrogens is 4. The van der Waals surface area contributed by atoms with Gasteiger partial charge in [0, 0.05) is 19.6 Å². The Kier molecular flexibility index (Phi) is 4.36. The highest BCUT2D eigenvalue weighted by Gasteiger charge is 2.39. The van der Waals surface area contributed by atoms with E-state index in [9.17, 15) is 13.2 Å². The molecule has 0 spiro atoms. The van der Waals surface area contributed by atoms with Gasteiger partial charge >= 0.3 is 6.18 Å². The highest BCUT2D eigenvalue weighted by atomic mass is 19.4. The van der Waals surface area contributed by atoms with Crippen molar-refractivity contribution in [2.24, 2.45) is 0 Å². The van der Waals surface area contributed by atoms with E-state index in [0.717, 1.165) is 6.07 Å². The van der Waals surface area contributed by atoms with Crippen LogP contribution >= 0.6 is 0 Å². The van der Waals surface area contributed by atoms with Crippen molar-refractivity contribution in [1.29, 1.82) is 0 Å². The number of hydrogen-bond acceptors (Lipinski definition) is 8. The quantitative estimate of drug-likeness (QED) is 0.562. The summed E-state index contributed by atoms with van der Waals surface area (Å²) in [5.41, 5.74) is 2.89. The van der Waals surface area contributed by atoms with Crippen molar-refractivity contribution in [3.8, 4) is 17.3 Å². The molecule has 2 aliphatic heterocycles. The molecule has 2 aliphatic rings. The third-order valence-electron chi connectivity index (χ3n) is 5.45. The Balaban J connectivity index is 1.80. The maximum Gasteiger partial charge on any atom is 0.418 e. The zero-order valence-corrected chi connectivity index (χ0v) is 16.3. The SMILES string of the molecule is Cc1cc(N)nc(-c2nc3c4c(ncnc4c2F)N2CCNC[C@H]2CO3)c1C(F)(F)F. The summed E-state index contributed by atoms with van der Waals surface area (Å²) in [4.78, 5) is 18.2. The molecule has 12 heteroatoms. The number of halogens is 4. The number of hydrogen-bond donors (Lipinski definition) is 2. The van der Waals surface area contributed by atoms with Crippen molar-refractivity contribution in [2.75, 3.05) is 36.9 Å². The fourth-order valence-corrected chi connectivity index (χ4v) is 4.13. The molecule has 0 radical (unpaired) electrons. The summed E-state index contributed by atoms with van der Waals surface area (Å²) in [6.45, 7) is 3.36. The Morgan fingerprint density at radius 2 is 2.03 bits per heavy atom. The first-order valence-corrected chi connectivity index (χ1v) is 9.54. The van der Waals surface area contributed by atoms with Gasteiger partial charge < -0.3 is 20.7 Å². The van der Waals surface area contributed by atoms with E-state index in [2.05, 4.69) is 25.3 Å². The van der Waals surface area contributed by atoms with Gasteiger partial charge in [-0.15, -0.1) is 0 Å². The largest absolute Gasteiger partial charge is 0.475 e. The number of anilines is 2. The van der Waals surface area contributed by atoms with E-state index in [1.54, 1.807) is 0 Å². The Morgan fingerprint density at radius 1 is 1.23 bits per heavy atom. The van der Waals surface area contributed by atoms with Crippen molar-refractivity contribution in [1.82, 2.24) is 25.3 Å². The molecule has 0 saturated carbocycles. The molecular formula is C19H17F4N7O. The van der Waals surface area contributed by atoms with E-state index < -0.39 is 28.9 Å². The number of pyridine rings is 2. The lowest BCUT2D eigenvalue weighted by atomic mass is 10.0. The number of rotatable bonds is 1. The van der Waals surface area contributed by atoms with Crippen LogP contribution in [0.1, 0.15) is 11.1 Å². The van der Waals surface area contributed by atoms with Gasteiger partial charge in [-0.25, -0.2) is 24.3 Å². The van der Waals surface area contributed by atoms with Gasteiger partial charge in [-0.3, -0.25) is 0 Å². The maximum absolute atomic E-state index is 15.6. The van der Waals surface area contributed by atoms with Crippen LogP contribution in [0.5, 0.6) is 5.88 Å². The van der Waals surface area contributed by atoms with Crippen LogP contribution in [0.25, 0.3) is 22.3 Å². The molecule has 1 fully saturated rings. The molecule has 1 saturated heterocycles. The lowest BCUT2D eigenvalue weighted by molar-refractivity contribution is -0.137. The van der Waals surface area contributed by atoms with E-state index in [4.69, 9.17) is 10.5 Å². The number of nitrogens with zero attached hydrogens (tertiary/aromatic N) is 5. The number of aryl methyl sites for hydroxylation is 1. The van der Waals surface area contributed by atoms with Crippen molar-refractivity contribution >= 4 is 22.5 Å². The highest BCUT2D eigenvalue weighted by Crippen LogP contribution is 2.43. The molecule has 0 amide bonds. The average Bonchev–Trinajstić information content (AvgIpc) is 2.87. The van der Waals surface area contributed by atoms with Crippen molar-refractivity contribution in [3.05, 3.63) is 29.3 Å². The molecule has 0 aliphatic carbocycles. The third-order valence-corrected chi connectivity index (χ3v) is 5.45. The van der Waals surface area contributed by atoms with Gasteiger partial charge in [-0.05, 0) is 18.6 Å². The second-order valence-corrected chi connectivity index (χ2v) is 7.45. The van der Waals surface area contributed by atoms with Crippen LogP contribution in [0.15, 0.2) is 12.4 Å². The number of nitrogens with two attached hydrogens (primary N) is 1. The van der Waals surface area contributed by atoms with Gasteiger partial charge in [0.05, 0.1) is 11.6 Å². The van der Waals surface area contributed by atoms with Crippen LogP contribution in [0.4, 0.5) is 29.2 Å². The number of ether oxygens (including phenoxy) is 1. The maximum atomic E-state index is 15.6. The molecule has 5 rings (SSSR count). The Hall–Kier alpha value is -3.28. The number of nitrogen functional groups attached to an aromatic ring is 1. The van der Waals surface area contributed by atoms with Gasteiger partial charge in [0.1, 0.15) is 46.9 Å². The van der Waals surface area contributed by atoms with Crippen LogP contribution in [0, 0.1) is 12.7 Å². The minimum Gasteiger partial charge on any atom is -0.475 e. The number of fused-ring (bicyclic) bond motifs is 2. The molecule has 0 aromatic carbocycles. The van der Waals surface area contributed by atoms with E-state index in [1.165, 1.54) is 13.3 Å². The smallest absolute Gasteiger partial charge is 0.418 e. The monoisotopic (exact) mass is 435 g/mol. The third kappa shape index (κ3) is 3.09. The zero-order chi connectivity index (χ0) is 21.9. The molecule has 0 unspecified atom stereocenters. The van der Waals surface area contributed by atoms with E-state index in [-0.39, 0.29) is 40.8 Å². The van der Waals surface area contributed by atoms with Crippen LogP contribution in [0.2, 0.25) is 0 Å². The molecule has 162 valence electrons. The predicted octanol–water partition coefficient (Wildman–Crippen LogP) is 2.31. The van der Waals surface area contributed by atoms with Gasteiger partial charge in [0.2, 0.25) is 5.88 Å². The van der Waals surface area contributed by atoms with Crippen LogP contribution < -0.4 is 20.7 Å². The second kappa shape index (κ2) is 6.87. The van der Waals surface area contributed by atoms with Gasteiger partial charge in [0.15, 0.2) is 5.82 Å². The van der Waals surface area contributed by atoms with Gasteiger partial charge in [0.25, 0.3) is 0 Å². The van der Waals surface area contributed by atoms with E-state index in [0.29, 0.717) is 25.5 Å². The lowest BCUT2D eigenvalue weighted by Gasteiger charge is -2.35. The van der Waals surface area contributed by atoms with Gasteiger partial charge in [-0.1, -0.05) is 0 Å². The Morgan fingerprint density at radius 3 is 2.81 bits per heavy atom. The van der Waals surface area contributed by atoms with Crippen molar-refractivity contribution < 1.29 is 22.3 Å². The number of piperazine rings is 1. The fourth-order valence-electron chi connectivity index (χ4n) is 4.13. The first kappa shape index (κ1) is 19.7. The molecule has 3 aromatic heterocycles. The normalized spacial score (nSPS) is 18.5. The first-order valence-electron chi connectivity index (χ1n) is 9.54. The number of alkyl halides is 3. The molecule has 3 aromatic rings. The molecule has 1 atom stereocenters.